The number of allylic oxidation sites excluding steroid dienone is 1. The van der Waals surface area contributed by atoms with E-state index in [1.54, 1.807) is 0 Å². The minimum absolute atomic E-state index is 0.139. The van der Waals surface area contributed by atoms with Gasteiger partial charge in [0, 0.05) is 6.08 Å². The van der Waals surface area contributed by atoms with E-state index in [-0.39, 0.29) is 6.08 Å². The van der Waals surface area contributed by atoms with E-state index in [4.69, 9.17) is 0 Å². The first-order chi connectivity index (χ1) is 7.42. The quantitative estimate of drug-likeness (QED) is 0.730. The van der Waals surface area contributed by atoms with Crippen LogP contribution in [0.5, 0.6) is 0 Å². The molecule has 0 unspecified atom stereocenters. The standard InChI is InChI=1S/C11H9F3O2/c1-16-10(15)9-4-2-8(3-5-9)6-7-11(12,13)14/h2-7H,1H3/b7-6-. The highest BCUT2D eigenvalue weighted by Crippen LogP contribution is 2.18. The molecule has 0 atom stereocenters. The number of hydrogen-bond donors (Lipinski definition) is 0. The molecule has 0 fully saturated rings. The van der Waals surface area contributed by atoms with E-state index < -0.39 is 12.1 Å². The van der Waals surface area contributed by atoms with E-state index >= 15 is 0 Å². The zero-order chi connectivity index (χ0) is 12.2. The van der Waals surface area contributed by atoms with E-state index in [1.807, 2.05) is 0 Å². The monoisotopic (exact) mass is 230 g/mol. The average molecular weight is 230 g/mol. The van der Waals surface area contributed by atoms with Crippen LogP contribution in [0.15, 0.2) is 30.3 Å². The van der Waals surface area contributed by atoms with Crippen molar-refractivity contribution in [2.75, 3.05) is 7.11 Å². The van der Waals surface area contributed by atoms with E-state index in [0.717, 1.165) is 6.08 Å². The second kappa shape index (κ2) is 4.83. The summed E-state index contributed by atoms with van der Waals surface area (Å²) in [4.78, 5) is 11.0. The van der Waals surface area contributed by atoms with Gasteiger partial charge in [0.25, 0.3) is 0 Å². The molecule has 0 spiro atoms. The van der Waals surface area contributed by atoms with Gasteiger partial charge in [0.05, 0.1) is 12.7 Å². The molecule has 0 saturated carbocycles. The predicted octanol–water partition coefficient (Wildman–Crippen LogP) is 3.05. The molecule has 0 aliphatic rings. The number of carbonyl (C=O) groups is 1. The molecule has 0 radical (unpaired) electrons. The number of methoxy groups -OCH3 is 1. The lowest BCUT2D eigenvalue weighted by Gasteiger charge is -2.00. The van der Waals surface area contributed by atoms with Gasteiger partial charge >= 0.3 is 12.1 Å². The lowest BCUT2D eigenvalue weighted by Crippen LogP contribution is -2.01. The maximum atomic E-state index is 11.8. The van der Waals surface area contributed by atoms with Gasteiger partial charge in [0.1, 0.15) is 0 Å². The molecule has 0 aliphatic heterocycles. The van der Waals surface area contributed by atoms with Crippen molar-refractivity contribution < 1.29 is 22.7 Å². The lowest BCUT2D eigenvalue weighted by atomic mass is 10.1. The van der Waals surface area contributed by atoms with Gasteiger partial charge in [0.15, 0.2) is 0 Å². The van der Waals surface area contributed by atoms with Crippen LogP contribution in [0.1, 0.15) is 15.9 Å². The van der Waals surface area contributed by atoms with Gasteiger partial charge in [-0.15, -0.1) is 0 Å². The van der Waals surface area contributed by atoms with Gasteiger partial charge in [0.2, 0.25) is 0 Å². The van der Waals surface area contributed by atoms with Crippen LogP contribution in [0, 0.1) is 0 Å². The average Bonchev–Trinajstić information content (AvgIpc) is 2.25. The zero-order valence-corrected chi connectivity index (χ0v) is 8.41. The summed E-state index contributed by atoms with van der Waals surface area (Å²) < 4.78 is 40.0. The summed E-state index contributed by atoms with van der Waals surface area (Å²) in [6.07, 6.45) is -3.26. The Labute approximate surface area is 90.3 Å². The second-order valence-electron chi connectivity index (χ2n) is 2.99. The number of halogens is 3. The van der Waals surface area contributed by atoms with Crippen LogP contribution in [0.2, 0.25) is 0 Å². The summed E-state index contributed by atoms with van der Waals surface area (Å²) in [6.45, 7) is 0. The highest BCUT2D eigenvalue weighted by molar-refractivity contribution is 5.89. The molecule has 1 aromatic carbocycles. The highest BCUT2D eigenvalue weighted by atomic mass is 19.4. The van der Waals surface area contributed by atoms with Crippen molar-refractivity contribution in [3.05, 3.63) is 41.5 Å². The smallest absolute Gasteiger partial charge is 0.409 e. The zero-order valence-electron chi connectivity index (χ0n) is 8.41. The Kier molecular flexibility index (Phi) is 3.71. The van der Waals surface area contributed by atoms with Crippen molar-refractivity contribution in [2.24, 2.45) is 0 Å². The molecule has 2 nitrogen and oxygen atoms in total. The first-order valence-electron chi connectivity index (χ1n) is 4.37. The maximum Gasteiger partial charge on any atom is 0.409 e. The van der Waals surface area contributed by atoms with Crippen LogP contribution in [0.4, 0.5) is 13.2 Å². The van der Waals surface area contributed by atoms with Crippen LogP contribution < -0.4 is 0 Å². The summed E-state index contributed by atoms with van der Waals surface area (Å²) >= 11 is 0. The van der Waals surface area contributed by atoms with Crippen molar-refractivity contribution >= 4 is 12.0 Å². The summed E-state index contributed by atoms with van der Waals surface area (Å²) in [5, 5.41) is 0. The first kappa shape index (κ1) is 12.3. The maximum absolute atomic E-state index is 11.8. The summed E-state index contributed by atoms with van der Waals surface area (Å²) in [7, 11) is 1.24. The molecule has 0 saturated heterocycles. The molecule has 0 bridgehead atoms. The minimum Gasteiger partial charge on any atom is -0.465 e. The molecule has 1 aromatic rings. The summed E-state index contributed by atoms with van der Waals surface area (Å²) in [6, 6.07) is 5.63. The van der Waals surface area contributed by atoms with Gasteiger partial charge in [-0.3, -0.25) is 0 Å². The van der Waals surface area contributed by atoms with Gasteiger partial charge in [-0.1, -0.05) is 18.2 Å². The lowest BCUT2D eigenvalue weighted by molar-refractivity contribution is -0.0790. The minimum atomic E-state index is -4.33. The number of esters is 1. The third-order valence-corrected chi connectivity index (χ3v) is 1.80. The normalized spacial score (nSPS) is 11.8. The largest absolute Gasteiger partial charge is 0.465 e. The fourth-order valence-electron chi connectivity index (χ4n) is 1.04. The predicted molar refractivity (Wildman–Crippen MR) is 52.9 cm³/mol. The van der Waals surface area contributed by atoms with Crippen molar-refractivity contribution in [3.8, 4) is 0 Å². The van der Waals surface area contributed by atoms with Gasteiger partial charge < -0.3 is 4.74 Å². The van der Waals surface area contributed by atoms with E-state index in [2.05, 4.69) is 4.74 Å². The number of alkyl halides is 3. The SMILES string of the molecule is COC(=O)c1ccc(/C=C\C(F)(F)F)cc1. The Morgan fingerprint density at radius 2 is 1.81 bits per heavy atom. The van der Waals surface area contributed by atoms with Crippen LogP contribution >= 0.6 is 0 Å². The highest BCUT2D eigenvalue weighted by Gasteiger charge is 2.21. The van der Waals surface area contributed by atoms with Gasteiger partial charge in [-0.25, -0.2) is 4.79 Å². The second-order valence-corrected chi connectivity index (χ2v) is 2.99. The van der Waals surface area contributed by atoms with Crippen LogP contribution in [-0.2, 0) is 4.74 Å². The van der Waals surface area contributed by atoms with Crippen molar-refractivity contribution in [2.45, 2.75) is 6.18 Å². The van der Waals surface area contributed by atoms with Crippen molar-refractivity contribution in [1.82, 2.24) is 0 Å². The Morgan fingerprint density at radius 3 is 2.25 bits per heavy atom. The summed E-state index contributed by atoms with van der Waals surface area (Å²) in [5.74, 6) is -0.522. The molecule has 0 amide bonds. The van der Waals surface area contributed by atoms with Crippen LogP contribution in [-0.4, -0.2) is 19.3 Å². The molecular formula is C11H9F3O2. The number of benzene rings is 1. The Balaban J connectivity index is 2.80. The number of carbonyl (C=O) groups excluding carboxylic acids is 1. The number of ether oxygens (including phenoxy) is 1. The summed E-state index contributed by atoms with van der Waals surface area (Å²) in [5.41, 5.74) is 0.664. The van der Waals surface area contributed by atoms with Crippen molar-refractivity contribution in [3.63, 3.8) is 0 Å². The molecule has 0 heterocycles. The molecule has 0 aromatic heterocycles. The molecule has 1 rings (SSSR count). The first-order valence-corrected chi connectivity index (χ1v) is 4.37. The Morgan fingerprint density at radius 1 is 1.25 bits per heavy atom. The molecule has 86 valence electrons. The Hall–Kier alpha value is -1.78. The van der Waals surface area contributed by atoms with E-state index in [9.17, 15) is 18.0 Å². The molecule has 5 heteroatoms. The van der Waals surface area contributed by atoms with E-state index in [0.29, 0.717) is 11.1 Å². The molecule has 0 N–H and O–H groups in total. The fraction of sp³-hybridized carbons (Fsp3) is 0.182. The van der Waals surface area contributed by atoms with Gasteiger partial charge in [-0.05, 0) is 17.7 Å². The van der Waals surface area contributed by atoms with Crippen molar-refractivity contribution in [1.29, 1.82) is 0 Å². The van der Waals surface area contributed by atoms with Gasteiger partial charge in [-0.2, -0.15) is 13.2 Å². The number of hydrogen-bond acceptors (Lipinski definition) is 2. The fourth-order valence-corrected chi connectivity index (χ4v) is 1.04. The third-order valence-electron chi connectivity index (χ3n) is 1.80. The third kappa shape index (κ3) is 3.76. The molecular weight excluding hydrogens is 221 g/mol. The van der Waals surface area contributed by atoms with Crippen LogP contribution in [0.25, 0.3) is 6.08 Å². The number of rotatable bonds is 2. The van der Waals surface area contributed by atoms with E-state index in [1.165, 1.54) is 31.4 Å². The molecule has 0 aliphatic carbocycles. The van der Waals surface area contributed by atoms with Crippen LogP contribution in [0.3, 0.4) is 0 Å². The Bertz CT molecular complexity index is 391. The topological polar surface area (TPSA) is 26.3 Å². The molecule has 16 heavy (non-hydrogen) atoms.